The van der Waals surface area contributed by atoms with E-state index in [-0.39, 0.29) is 26.1 Å². The standard InChI is InChI=1S/C53H90N10O19S.C2HF3O2/c1-4-5-6-7-8-9-10-11-12-13-14-15-16-17-39(69)57-33-26-37(68)47(56-23-22-55)61-51(76)43-44(70)29(2)27-63(43)53(78)41(36(67)20-21-54)59-50(75)42(46(72)45(71)31-18-19-35(66)38(24-31)82-83(79,80)81)60-49(74)34-25-32(65)28-62(34)52(77)40(30(3)64)58-48(33)73;3-2(4,5)1(6)7/h18-19,24,29-30,32-34,36-37,40-47,56,64-68,70-72H,4-17,20-23,25-28,54-55H2,1-3H3,(H,57,69)(H,58,73)(H,59,75)(H,60,74)(H,61,76)(H,79,80,81);(H,6,7). The summed E-state index contributed by atoms with van der Waals surface area (Å²) in [6, 6.07) is -9.56. The first-order valence-corrected chi connectivity index (χ1v) is 31.4. The Bertz CT molecular complexity index is 2630. The quantitative estimate of drug-likeness (QED) is 0.0309. The molecule has 4 rings (SSSR count). The number of nitrogens with zero attached hydrogens (tertiary/aromatic N) is 2. The van der Waals surface area contributed by atoms with E-state index in [0.717, 1.165) is 61.0 Å². The van der Waals surface area contributed by atoms with Crippen molar-refractivity contribution in [1.82, 2.24) is 41.7 Å². The van der Waals surface area contributed by atoms with Crippen LogP contribution in [0.2, 0.25) is 0 Å². The van der Waals surface area contributed by atoms with Gasteiger partial charge in [0.25, 0.3) is 0 Å². The number of aromatic hydroxyl groups is 1. The zero-order chi connectivity index (χ0) is 67.8. The van der Waals surface area contributed by atoms with Crippen molar-refractivity contribution in [3.63, 3.8) is 0 Å². The second kappa shape index (κ2) is 37.4. The molecule has 1 aromatic rings. The fraction of sp³-hybridized carbons (Fsp3) is 0.745. The number of phenols is 1. The molecule has 0 spiro atoms. The van der Waals surface area contributed by atoms with Gasteiger partial charge in [0, 0.05) is 51.4 Å². The van der Waals surface area contributed by atoms with Crippen LogP contribution in [-0.4, -0.2) is 234 Å². The molecule has 90 heavy (non-hydrogen) atoms. The van der Waals surface area contributed by atoms with Crippen LogP contribution in [-0.2, 0) is 48.8 Å². The number of nitrogens with two attached hydrogens (primary N) is 2. The lowest BCUT2D eigenvalue weighted by atomic mass is 9.96. The Morgan fingerprint density at radius 2 is 1.30 bits per heavy atom. The van der Waals surface area contributed by atoms with Crippen molar-refractivity contribution < 1.29 is 115 Å². The molecule has 3 fully saturated rings. The van der Waals surface area contributed by atoms with Gasteiger partial charge < -0.3 is 98.0 Å². The largest absolute Gasteiger partial charge is 0.504 e. The summed E-state index contributed by atoms with van der Waals surface area (Å²) >= 11 is 0. The summed E-state index contributed by atoms with van der Waals surface area (Å²) in [6.45, 7) is 3.27. The van der Waals surface area contributed by atoms with Gasteiger partial charge in [0.05, 0.1) is 30.5 Å². The van der Waals surface area contributed by atoms with E-state index in [1.165, 1.54) is 45.4 Å². The van der Waals surface area contributed by atoms with Gasteiger partial charge in [0.15, 0.2) is 11.5 Å². The van der Waals surface area contributed by atoms with Crippen LogP contribution in [0.15, 0.2) is 18.2 Å². The average molecular weight is 1320 g/mol. The summed E-state index contributed by atoms with van der Waals surface area (Å²) in [4.78, 5) is 112. The van der Waals surface area contributed by atoms with E-state index in [9.17, 15) is 101 Å². The number of benzene rings is 1. The van der Waals surface area contributed by atoms with Gasteiger partial charge in [-0.05, 0) is 44.0 Å². The fourth-order valence-electron chi connectivity index (χ4n) is 10.5. The van der Waals surface area contributed by atoms with Crippen molar-refractivity contribution >= 4 is 57.7 Å². The highest BCUT2D eigenvalue weighted by Crippen LogP contribution is 2.33. The normalized spacial score (nSPS) is 26.4. The number of hydrogen-bond acceptors (Lipinski definition) is 22. The minimum Gasteiger partial charge on any atom is -0.504 e. The van der Waals surface area contributed by atoms with E-state index >= 15 is 0 Å². The number of nitrogens with one attached hydrogen (secondary N) is 6. The summed E-state index contributed by atoms with van der Waals surface area (Å²) in [5.41, 5.74) is 11.0. The van der Waals surface area contributed by atoms with Crippen LogP contribution in [0, 0.1) is 5.92 Å². The minimum absolute atomic E-state index is 0.0600. The minimum atomic E-state index is -5.30. The molecule has 514 valence electrons. The monoisotopic (exact) mass is 1320 g/mol. The first kappa shape index (κ1) is 78.1. The number of alkyl halides is 3. The molecule has 1 aromatic carbocycles. The number of carboxylic acid groups (broad SMARTS) is 1. The topological polar surface area (TPSA) is 513 Å². The van der Waals surface area contributed by atoms with E-state index in [4.69, 9.17) is 21.4 Å². The molecule has 3 aliphatic rings. The number of carboxylic acids is 1. The summed E-state index contributed by atoms with van der Waals surface area (Å²) in [5.74, 6) is -13.7. The summed E-state index contributed by atoms with van der Waals surface area (Å²) in [5, 5.41) is 113. The Balaban J connectivity index is 0.00000284. The van der Waals surface area contributed by atoms with Gasteiger partial charge in [-0.25, -0.2) is 4.79 Å². The zero-order valence-electron chi connectivity index (χ0n) is 50.5. The summed E-state index contributed by atoms with van der Waals surface area (Å²) in [6.07, 6.45) is -8.36. The van der Waals surface area contributed by atoms with Gasteiger partial charge in [-0.3, -0.25) is 43.4 Å². The second-order valence-corrected chi connectivity index (χ2v) is 23.8. The van der Waals surface area contributed by atoms with Crippen molar-refractivity contribution in [3.8, 4) is 11.5 Å². The maximum Gasteiger partial charge on any atom is 0.490 e. The number of fused-ring (bicyclic) bond motifs is 2. The third-order valence-corrected chi connectivity index (χ3v) is 15.8. The number of amides is 7. The van der Waals surface area contributed by atoms with Crippen LogP contribution in [0.1, 0.15) is 142 Å². The number of carbonyl (C=O) groups is 8. The van der Waals surface area contributed by atoms with Crippen LogP contribution in [0.3, 0.4) is 0 Å². The number of aliphatic carboxylic acids is 1. The lowest BCUT2D eigenvalue weighted by molar-refractivity contribution is -0.192. The summed E-state index contributed by atoms with van der Waals surface area (Å²) < 4.78 is 68.5. The number of rotatable bonds is 27. The molecular formula is C55H91F3N10O21S. The lowest BCUT2D eigenvalue weighted by Gasteiger charge is -2.35. The predicted octanol–water partition coefficient (Wildman–Crippen LogP) is -2.96. The Hall–Kier alpha value is -6.12. The SMILES string of the molecule is CCCCCCCCCCCCCCCC(=O)NC1CC(O)C(NCCN)NC(=O)C2C(O)C(C)CN2C(=O)C(C(O)CCN)NC(=O)C(C(O)C(O)c2ccc(O)c(OS(=O)(=O)O)c2)NC(=O)C2CC(O)CN2C(=O)C(C(C)O)NC1=O.O=C(O)C(F)(F)F. The molecule has 0 aromatic heterocycles. The van der Waals surface area contributed by atoms with Gasteiger partial charge in [0.1, 0.15) is 54.6 Å². The molecule has 15 unspecified atom stereocenters. The second-order valence-electron chi connectivity index (χ2n) is 22.8. The number of hydrogen-bond donors (Lipinski definition) is 18. The van der Waals surface area contributed by atoms with Gasteiger partial charge in [-0.15, -0.1) is 0 Å². The molecule has 3 saturated heterocycles. The van der Waals surface area contributed by atoms with Crippen molar-refractivity contribution in [3.05, 3.63) is 23.8 Å². The Labute approximate surface area is 519 Å². The molecular weight excluding hydrogens is 1230 g/mol. The number of halogens is 3. The molecule has 3 heterocycles. The number of aliphatic hydroxyl groups excluding tert-OH is 7. The number of phenolic OH excluding ortho intramolecular Hbond substituents is 1. The highest BCUT2D eigenvalue weighted by atomic mass is 32.3. The van der Waals surface area contributed by atoms with Crippen LogP contribution < -0.4 is 47.6 Å². The smallest absolute Gasteiger partial charge is 0.490 e. The van der Waals surface area contributed by atoms with Crippen LogP contribution >= 0.6 is 0 Å². The predicted molar refractivity (Wildman–Crippen MR) is 311 cm³/mol. The van der Waals surface area contributed by atoms with E-state index in [0.29, 0.717) is 18.9 Å². The van der Waals surface area contributed by atoms with Crippen molar-refractivity contribution in [2.75, 3.05) is 32.7 Å². The van der Waals surface area contributed by atoms with Crippen molar-refractivity contribution in [2.45, 2.75) is 221 Å². The third-order valence-electron chi connectivity index (χ3n) is 15.4. The fourth-order valence-corrected chi connectivity index (χ4v) is 10.9. The lowest BCUT2D eigenvalue weighted by Crippen LogP contribution is -2.65. The zero-order valence-corrected chi connectivity index (χ0v) is 51.3. The summed E-state index contributed by atoms with van der Waals surface area (Å²) in [7, 11) is -5.30. The van der Waals surface area contributed by atoms with E-state index in [2.05, 4.69) is 43.0 Å². The Kier molecular flexibility index (Phi) is 32.5. The van der Waals surface area contributed by atoms with Gasteiger partial charge in [0.2, 0.25) is 41.4 Å². The van der Waals surface area contributed by atoms with Crippen LogP contribution in [0.4, 0.5) is 13.2 Å². The van der Waals surface area contributed by atoms with Gasteiger partial charge in [-0.1, -0.05) is 97.0 Å². The molecule has 0 saturated carbocycles. The molecule has 20 N–H and O–H groups in total. The van der Waals surface area contributed by atoms with Gasteiger partial charge >= 0.3 is 22.5 Å². The molecule has 7 amide bonds. The van der Waals surface area contributed by atoms with Crippen molar-refractivity contribution in [2.24, 2.45) is 17.4 Å². The number of aliphatic hydroxyl groups is 7. The first-order chi connectivity index (χ1) is 42.2. The first-order valence-electron chi connectivity index (χ1n) is 30.0. The molecule has 15 atom stereocenters. The molecule has 0 aliphatic carbocycles. The average Bonchev–Trinajstić information content (AvgIpc) is 1.60. The van der Waals surface area contributed by atoms with Crippen molar-refractivity contribution in [1.29, 1.82) is 0 Å². The maximum absolute atomic E-state index is 14.8. The van der Waals surface area contributed by atoms with Gasteiger partial charge in [-0.2, -0.15) is 21.6 Å². The third kappa shape index (κ3) is 24.5. The van der Waals surface area contributed by atoms with Crippen LogP contribution in [0.25, 0.3) is 0 Å². The van der Waals surface area contributed by atoms with E-state index in [1.807, 2.05) is 0 Å². The highest BCUT2D eigenvalue weighted by Gasteiger charge is 2.51. The van der Waals surface area contributed by atoms with E-state index in [1.54, 1.807) is 0 Å². The van der Waals surface area contributed by atoms with E-state index < -0.39 is 204 Å². The Morgan fingerprint density at radius 3 is 1.83 bits per heavy atom. The molecule has 0 bridgehead atoms. The molecule has 31 nitrogen and oxygen atoms in total. The highest BCUT2D eigenvalue weighted by molar-refractivity contribution is 7.81. The number of unbranched alkanes of at least 4 members (excludes halogenated alkanes) is 12. The molecule has 0 radical (unpaired) electrons. The maximum atomic E-state index is 14.8. The molecule has 35 heteroatoms. The molecule has 3 aliphatic heterocycles. The number of carbonyl (C=O) groups excluding carboxylic acids is 7. The van der Waals surface area contributed by atoms with Crippen LogP contribution in [0.5, 0.6) is 11.5 Å². The Morgan fingerprint density at radius 1 is 0.756 bits per heavy atom.